The van der Waals surface area contributed by atoms with Crippen molar-refractivity contribution in [2.45, 2.75) is 39.2 Å². The third-order valence-corrected chi connectivity index (χ3v) is 4.86. The number of nitrogens with zero attached hydrogens (tertiary/aromatic N) is 4. The first-order valence-electron chi connectivity index (χ1n) is 8.55. The van der Waals surface area contributed by atoms with Crippen LogP contribution in [0.3, 0.4) is 0 Å². The van der Waals surface area contributed by atoms with Gasteiger partial charge < -0.3 is 5.32 Å². The standard InChI is InChI=1S/C19H21N5O/c1-12-10-16(15-6-4-5-9-20-15)22-17-14(11-21-24(12)17)18(25)23-19(2,3)13-7-8-13/h4-6,9-11,13H,7-8H2,1-3H3,(H,23,25). The van der Waals surface area contributed by atoms with E-state index in [2.05, 4.69) is 34.2 Å². The van der Waals surface area contributed by atoms with Crippen LogP contribution in [-0.2, 0) is 0 Å². The molecule has 6 nitrogen and oxygen atoms in total. The second-order valence-electron chi connectivity index (χ2n) is 7.24. The number of carbonyl (C=O) groups excluding carboxylic acids is 1. The molecule has 25 heavy (non-hydrogen) atoms. The number of aryl methyl sites for hydroxylation is 1. The molecule has 0 bridgehead atoms. The summed E-state index contributed by atoms with van der Waals surface area (Å²) in [4.78, 5) is 21.8. The minimum Gasteiger partial charge on any atom is -0.347 e. The lowest BCUT2D eigenvalue weighted by Crippen LogP contribution is -2.45. The number of pyridine rings is 1. The third-order valence-electron chi connectivity index (χ3n) is 4.86. The van der Waals surface area contributed by atoms with Crippen molar-refractivity contribution in [1.29, 1.82) is 0 Å². The lowest BCUT2D eigenvalue weighted by molar-refractivity contribution is 0.0905. The summed E-state index contributed by atoms with van der Waals surface area (Å²) in [6, 6.07) is 7.63. The molecule has 1 aliphatic rings. The fraction of sp³-hybridized carbons (Fsp3) is 0.368. The molecule has 0 spiro atoms. The van der Waals surface area contributed by atoms with Gasteiger partial charge in [0.05, 0.1) is 17.6 Å². The minimum atomic E-state index is -0.209. The number of hydrogen-bond acceptors (Lipinski definition) is 4. The predicted octanol–water partition coefficient (Wildman–Crippen LogP) is 3.02. The van der Waals surface area contributed by atoms with Crippen LogP contribution in [0.1, 0.15) is 42.7 Å². The summed E-state index contributed by atoms with van der Waals surface area (Å²) in [7, 11) is 0. The Labute approximate surface area is 146 Å². The van der Waals surface area contributed by atoms with E-state index >= 15 is 0 Å². The van der Waals surface area contributed by atoms with Gasteiger partial charge in [-0.3, -0.25) is 9.78 Å². The molecule has 0 aliphatic heterocycles. The molecule has 1 N–H and O–H groups in total. The van der Waals surface area contributed by atoms with Gasteiger partial charge >= 0.3 is 0 Å². The van der Waals surface area contributed by atoms with Gasteiger partial charge in [0.25, 0.3) is 5.91 Å². The molecule has 1 fully saturated rings. The highest BCUT2D eigenvalue weighted by Crippen LogP contribution is 2.39. The average molecular weight is 335 g/mol. The number of aromatic nitrogens is 4. The molecule has 128 valence electrons. The van der Waals surface area contributed by atoms with E-state index in [0.29, 0.717) is 17.1 Å². The van der Waals surface area contributed by atoms with E-state index in [1.807, 2.05) is 31.2 Å². The molecule has 0 unspecified atom stereocenters. The monoisotopic (exact) mass is 335 g/mol. The first-order valence-corrected chi connectivity index (χ1v) is 8.55. The van der Waals surface area contributed by atoms with E-state index in [1.165, 1.54) is 12.8 Å². The second kappa shape index (κ2) is 5.65. The minimum absolute atomic E-state index is 0.128. The number of hydrogen-bond donors (Lipinski definition) is 1. The number of amides is 1. The van der Waals surface area contributed by atoms with Gasteiger partial charge in [-0.1, -0.05) is 6.07 Å². The quantitative estimate of drug-likeness (QED) is 0.795. The van der Waals surface area contributed by atoms with E-state index in [0.717, 1.165) is 17.1 Å². The summed E-state index contributed by atoms with van der Waals surface area (Å²) >= 11 is 0. The van der Waals surface area contributed by atoms with Gasteiger partial charge in [0.1, 0.15) is 5.56 Å². The molecule has 4 rings (SSSR count). The van der Waals surface area contributed by atoms with Gasteiger partial charge in [0, 0.05) is 17.4 Å². The van der Waals surface area contributed by atoms with Crippen molar-refractivity contribution in [1.82, 2.24) is 24.9 Å². The van der Waals surface area contributed by atoms with Crippen LogP contribution in [0.2, 0.25) is 0 Å². The second-order valence-corrected chi connectivity index (χ2v) is 7.24. The van der Waals surface area contributed by atoms with E-state index in [1.54, 1.807) is 16.9 Å². The number of fused-ring (bicyclic) bond motifs is 1. The van der Waals surface area contributed by atoms with Crippen molar-refractivity contribution >= 4 is 11.6 Å². The zero-order valence-electron chi connectivity index (χ0n) is 14.7. The van der Waals surface area contributed by atoms with Gasteiger partial charge in [0.2, 0.25) is 0 Å². The van der Waals surface area contributed by atoms with Crippen LogP contribution >= 0.6 is 0 Å². The van der Waals surface area contributed by atoms with Gasteiger partial charge in [0.15, 0.2) is 5.65 Å². The largest absolute Gasteiger partial charge is 0.347 e. The topological polar surface area (TPSA) is 72.2 Å². The summed E-state index contributed by atoms with van der Waals surface area (Å²) in [6.07, 6.45) is 5.67. The van der Waals surface area contributed by atoms with Crippen LogP contribution in [0.15, 0.2) is 36.7 Å². The predicted molar refractivity (Wildman–Crippen MR) is 95.2 cm³/mol. The molecule has 1 amide bonds. The summed E-state index contributed by atoms with van der Waals surface area (Å²) in [5, 5.41) is 7.48. The number of nitrogens with one attached hydrogen (secondary N) is 1. The lowest BCUT2D eigenvalue weighted by atomic mass is 9.98. The number of rotatable bonds is 4. The van der Waals surface area contributed by atoms with E-state index < -0.39 is 0 Å². The Balaban J connectivity index is 1.75. The first kappa shape index (κ1) is 15.7. The molecule has 3 aromatic heterocycles. The molecule has 6 heteroatoms. The van der Waals surface area contributed by atoms with Gasteiger partial charge in [-0.2, -0.15) is 5.10 Å². The summed E-state index contributed by atoms with van der Waals surface area (Å²) in [5.74, 6) is 0.425. The average Bonchev–Trinajstić information content (AvgIpc) is 3.36. The maximum atomic E-state index is 12.8. The van der Waals surface area contributed by atoms with Crippen molar-refractivity contribution in [2.24, 2.45) is 5.92 Å². The van der Waals surface area contributed by atoms with Crippen molar-refractivity contribution in [2.75, 3.05) is 0 Å². The van der Waals surface area contributed by atoms with Crippen LogP contribution in [0.4, 0.5) is 0 Å². The van der Waals surface area contributed by atoms with Crippen LogP contribution in [0, 0.1) is 12.8 Å². The Morgan fingerprint density at radius 1 is 1.28 bits per heavy atom. The molecule has 0 radical (unpaired) electrons. The van der Waals surface area contributed by atoms with Crippen molar-refractivity contribution in [3.63, 3.8) is 0 Å². The normalized spacial score (nSPS) is 14.7. The summed E-state index contributed by atoms with van der Waals surface area (Å²) < 4.78 is 1.70. The SMILES string of the molecule is Cc1cc(-c2ccccn2)nc2c(C(=O)NC(C)(C)C3CC3)cnn12. The molecule has 1 aliphatic carbocycles. The van der Waals surface area contributed by atoms with Crippen LogP contribution < -0.4 is 5.32 Å². The maximum Gasteiger partial charge on any atom is 0.257 e. The Morgan fingerprint density at radius 3 is 2.76 bits per heavy atom. The zero-order chi connectivity index (χ0) is 17.6. The highest BCUT2D eigenvalue weighted by molar-refractivity contribution is 6.00. The molecular weight excluding hydrogens is 314 g/mol. The molecule has 0 atom stereocenters. The van der Waals surface area contributed by atoms with Gasteiger partial charge in [-0.25, -0.2) is 9.50 Å². The molecule has 0 aromatic carbocycles. The van der Waals surface area contributed by atoms with Crippen molar-refractivity contribution in [3.05, 3.63) is 47.9 Å². The van der Waals surface area contributed by atoms with E-state index in [-0.39, 0.29) is 11.4 Å². The smallest absolute Gasteiger partial charge is 0.257 e. The van der Waals surface area contributed by atoms with Gasteiger partial charge in [-0.05, 0) is 57.7 Å². The number of carbonyl (C=O) groups is 1. The Bertz CT molecular complexity index is 941. The Hall–Kier alpha value is -2.76. The molecule has 1 saturated carbocycles. The van der Waals surface area contributed by atoms with E-state index in [4.69, 9.17) is 0 Å². The lowest BCUT2D eigenvalue weighted by Gasteiger charge is -2.25. The zero-order valence-corrected chi connectivity index (χ0v) is 14.7. The van der Waals surface area contributed by atoms with Crippen LogP contribution in [0.5, 0.6) is 0 Å². The fourth-order valence-electron chi connectivity index (χ4n) is 3.19. The van der Waals surface area contributed by atoms with E-state index in [9.17, 15) is 4.79 Å². The fourth-order valence-corrected chi connectivity index (χ4v) is 3.19. The highest BCUT2D eigenvalue weighted by atomic mass is 16.1. The third kappa shape index (κ3) is 2.88. The van der Waals surface area contributed by atoms with Crippen molar-refractivity contribution < 1.29 is 4.79 Å². The van der Waals surface area contributed by atoms with Crippen LogP contribution in [-0.4, -0.2) is 31.0 Å². The summed E-state index contributed by atoms with van der Waals surface area (Å²) in [6.45, 7) is 6.10. The Kier molecular flexibility index (Phi) is 3.56. The molecule has 0 saturated heterocycles. The first-order chi connectivity index (χ1) is 12.0. The molecule has 3 heterocycles. The molecular formula is C19H21N5O. The molecule has 3 aromatic rings. The highest BCUT2D eigenvalue weighted by Gasteiger charge is 2.39. The van der Waals surface area contributed by atoms with Crippen molar-refractivity contribution in [3.8, 4) is 11.4 Å². The Morgan fingerprint density at radius 2 is 2.08 bits per heavy atom. The maximum absolute atomic E-state index is 12.8. The van der Waals surface area contributed by atoms with Crippen LogP contribution in [0.25, 0.3) is 17.0 Å². The van der Waals surface area contributed by atoms with Gasteiger partial charge in [-0.15, -0.1) is 0 Å². The summed E-state index contributed by atoms with van der Waals surface area (Å²) in [5.41, 5.74) is 3.27.